The molecule has 0 saturated carbocycles. The maximum absolute atomic E-state index is 11.7. The number of nitrogens with two attached hydrogens (primary N) is 1. The van der Waals surface area contributed by atoms with Crippen molar-refractivity contribution in [3.05, 3.63) is 22.7 Å². The lowest BCUT2D eigenvalue weighted by Crippen LogP contribution is -2.29. The number of carbonyl (C=O) groups is 1. The highest BCUT2D eigenvalue weighted by Crippen LogP contribution is 2.20. The third-order valence-electron chi connectivity index (χ3n) is 3.03. The number of ether oxygens (including phenoxy) is 4. The van der Waals surface area contributed by atoms with Crippen LogP contribution in [0.4, 0.5) is 5.82 Å². The summed E-state index contributed by atoms with van der Waals surface area (Å²) in [6, 6.07) is 1.50. The van der Waals surface area contributed by atoms with Crippen molar-refractivity contribution in [3.8, 4) is 0 Å². The van der Waals surface area contributed by atoms with Crippen LogP contribution in [-0.2, 0) is 23.7 Å². The van der Waals surface area contributed by atoms with Gasteiger partial charge in [-0.05, 0) is 26.8 Å². The Bertz CT molecular complexity index is 609. The molecule has 1 aromatic heterocycles. The van der Waals surface area contributed by atoms with Crippen LogP contribution < -0.4 is 11.4 Å². The number of nitrogens with zero attached hydrogens (tertiary/aromatic N) is 2. The number of rotatable bonds is 5. The summed E-state index contributed by atoms with van der Waals surface area (Å²) in [6.45, 7) is 5.32. The van der Waals surface area contributed by atoms with Crippen LogP contribution in [0.1, 0.15) is 27.0 Å². The molecule has 1 fully saturated rings. The quantitative estimate of drug-likeness (QED) is 0.465. The molecule has 2 rings (SSSR count). The standard InChI is InChI=1S/C14H21N3O6/c1-14(2,3)12(18)22-8-20-7-11-21-6-10(23-11)17-5-4-9(15)16-13(17)19/h4-5,10-11H,6-8H2,1-3H3,(H2,15,16,19). The van der Waals surface area contributed by atoms with E-state index in [4.69, 9.17) is 24.7 Å². The maximum Gasteiger partial charge on any atom is 0.351 e. The van der Waals surface area contributed by atoms with Crippen molar-refractivity contribution in [2.45, 2.75) is 33.3 Å². The van der Waals surface area contributed by atoms with E-state index in [-0.39, 0.29) is 31.8 Å². The minimum atomic E-state index is -0.655. The smallest absolute Gasteiger partial charge is 0.351 e. The number of carbonyl (C=O) groups excluding carboxylic acids is 1. The van der Waals surface area contributed by atoms with Crippen LogP contribution in [0.5, 0.6) is 0 Å². The van der Waals surface area contributed by atoms with E-state index in [1.807, 2.05) is 0 Å². The monoisotopic (exact) mass is 327 g/mol. The van der Waals surface area contributed by atoms with Gasteiger partial charge in [0.25, 0.3) is 0 Å². The van der Waals surface area contributed by atoms with E-state index in [2.05, 4.69) is 4.98 Å². The number of aromatic nitrogens is 2. The van der Waals surface area contributed by atoms with Crippen molar-refractivity contribution in [2.24, 2.45) is 5.41 Å². The molecule has 2 atom stereocenters. The zero-order chi connectivity index (χ0) is 17.0. The fourth-order valence-electron chi connectivity index (χ4n) is 1.78. The minimum absolute atomic E-state index is 0.0745. The van der Waals surface area contributed by atoms with Crippen LogP contribution in [0.3, 0.4) is 0 Å². The van der Waals surface area contributed by atoms with Crippen molar-refractivity contribution in [1.82, 2.24) is 9.55 Å². The van der Waals surface area contributed by atoms with Crippen molar-refractivity contribution in [2.75, 3.05) is 25.7 Å². The molecule has 0 aromatic carbocycles. The molecule has 9 nitrogen and oxygen atoms in total. The van der Waals surface area contributed by atoms with Gasteiger partial charge in [0.15, 0.2) is 19.3 Å². The summed E-state index contributed by atoms with van der Waals surface area (Å²) in [6.07, 6.45) is 0.242. The van der Waals surface area contributed by atoms with Gasteiger partial charge in [0.1, 0.15) is 12.4 Å². The fraction of sp³-hybridized carbons (Fsp3) is 0.643. The molecule has 0 radical (unpaired) electrons. The topological polar surface area (TPSA) is 115 Å². The summed E-state index contributed by atoms with van der Waals surface area (Å²) < 4.78 is 22.4. The number of hydrogen-bond donors (Lipinski definition) is 1. The summed E-state index contributed by atoms with van der Waals surface area (Å²) in [5, 5.41) is 0. The molecule has 2 unspecified atom stereocenters. The second-order valence-corrected chi connectivity index (χ2v) is 6.07. The molecule has 0 bridgehead atoms. The SMILES string of the molecule is CC(C)(C)C(=O)OCOCC1OCC(n2ccc(N)nc2=O)O1. The first-order valence-electron chi connectivity index (χ1n) is 7.14. The Morgan fingerprint density at radius 1 is 1.52 bits per heavy atom. The number of anilines is 1. The zero-order valence-electron chi connectivity index (χ0n) is 13.4. The molecule has 2 N–H and O–H groups in total. The highest BCUT2D eigenvalue weighted by Gasteiger charge is 2.29. The lowest BCUT2D eigenvalue weighted by molar-refractivity contribution is -0.177. The summed E-state index contributed by atoms with van der Waals surface area (Å²) in [5.41, 5.74) is 4.33. The molecule has 1 aliphatic heterocycles. The molecular formula is C14H21N3O6. The van der Waals surface area contributed by atoms with Crippen molar-refractivity contribution in [1.29, 1.82) is 0 Å². The molecule has 0 amide bonds. The molecular weight excluding hydrogens is 306 g/mol. The normalized spacial score (nSPS) is 21.3. The minimum Gasteiger partial charge on any atom is -0.438 e. The fourth-order valence-corrected chi connectivity index (χ4v) is 1.78. The Balaban J connectivity index is 1.76. The Kier molecular flexibility index (Phi) is 5.34. The van der Waals surface area contributed by atoms with Crippen molar-refractivity contribution in [3.63, 3.8) is 0 Å². The molecule has 9 heteroatoms. The van der Waals surface area contributed by atoms with Gasteiger partial charge in [-0.15, -0.1) is 0 Å². The first kappa shape index (κ1) is 17.4. The van der Waals surface area contributed by atoms with Crippen LogP contribution in [0.15, 0.2) is 17.1 Å². The third-order valence-corrected chi connectivity index (χ3v) is 3.03. The molecule has 2 heterocycles. The third kappa shape index (κ3) is 4.75. The maximum atomic E-state index is 11.7. The van der Waals surface area contributed by atoms with Gasteiger partial charge in [-0.25, -0.2) is 4.79 Å². The van der Waals surface area contributed by atoms with E-state index in [0.29, 0.717) is 0 Å². The lowest BCUT2D eigenvalue weighted by Gasteiger charge is -2.17. The van der Waals surface area contributed by atoms with Gasteiger partial charge in [-0.2, -0.15) is 4.98 Å². The van der Waals surface area contributed by atoms with E-state index in [9.17, 15) is 9.59 Å². The van der Waals surface area contributed by atoms with E-state index in [1.165, 1.54) is 16.8 Å². The predicted molar refractivity (Wildman–Crippen MR) is 79.1 cm³/mol. The first-order valence-corrected chi connectivity index (χ1v) is 7.14. The van der Waals surface area contributed by atoms with E-state index >= 15 is 0 Å². The average molecular weight is 327 g/mol. The Hall–Kier alpha value is -1.97. The van der Waals surface area contributed by atoms with Crippen LogP contribution in [-0.4, -0.2) is 41.8 Å². The molecule has 1 saturated heterocycles. The highest BCUT2D eigenvalue weighted by atomic mass is 16.8. The largest absolute Gasteiger partial charge is 0.438 e. The van der Waals surface area contributed by atoms with Gasteiger partial charge in [-0.1, -0.05) is 0 Å². The van der Waals surface area contributed by atoms with Crippen LogP contribution in [0.25, 0.3) is 0 Å². The van der Waals surface area contributed by atoms with Gasteiger partial charge in [0, 0.05) is 6.20 Å². The van der Waals surface area contributed by atoms with Crippen LogP contribution in [0.2, 0.25) is 0 Å². The second-order valence-electron chi connectivity index (χ2n) is 6.07. The number of esters is 1. The molecule has 1 aromatic rings. The summed E-state index contributed by atoms with van der Waals surface area (Å²) in [7, 11) is 0. The Morgan fingerprint density at radius 3 is 2.91 bits per heavy atom. The molecule has 128 valence electrons. The molecule has 0 aliphatic carbocycles. The first-order chi connectivity index (χ1) is 10.8. The van der Waals surface area contributed by atoms with E-state index in [0.717, 1.165) is 0 Å². The number of hydrogen-bond acceptors (Lipinski definition) is 8. The summed E-state index contributed by atoms with van der Waals surface area (Å²) >= 11 is 0. The zero-order valence-corrected chi connectivity index (χ0v) is 13.4. The Morgan fingerprint density at radius 2 is 2.26 bits per heavy atom. The highest BCUT2D eigenvalue weighted by molar-refractivity contribution is 5.75. The van der Waals surface area contributed by atoms with Crippen molar-refractivity contribution >= 4 is 11.8 Å². The van der Waals surface area contributed by atoms with E-state index < -0.39 is 23.6 Å². The molecule has 1 aliphatic rings. The number of nitrogen functional groups attached to an aromatic ring is 1. The van der Waals surface area contributed by atoms with Crippen LogP contribution >= 0.6 is 0 Å². The van der Waals surface area contributed by atoms with Crippen molar-refractivity contribution < 1.29 is 23.7 Å². The predicted octanol–water partition coefficient (Wildman–Crippen LogP) is 0.260. The van der Waals surface area contributed by atoms with Gasteiger partial charge in [0.2, 0.25) is 0 Å². The lowest BCUT2D eigenvalue weighted by atomic mass is 9.98. The molecule has 23 heavy (non-hydrogen) atoms. The Labute approximate surface area is 133 Å². The average Bonchev–Trinajstić information content (AvgIpc) is 2.90. The van der Waals surface area contributed by atoms with Gasteiger partial charge >= 0.3 is 11.7 Å². The summed E-state index contributed by atoms with van der Waals surface area (Å²) in [4.78, 5) is 26.9. The second kappa shape index (κ2) is 7.07. The van der Waals surface area contributed by atoms with Gasteiger partial charge in [-0.3, -0.25) is 9.36 Å². The molecule has 0 spiro atoms. The van der Waals surface area contributed by atoms with Crippen LogP contribution in [0, 0.1) is 5.41 Å². The van der Waals surface area contributed by atoms with E-state index in [1.54, 1.807) is 20.8 Å². The summed E-state index contributed by atoms with van der Waals surface area (Å²) in [5.74, 6) is -0.214. The van der Waals surface area contributed by atoms with Gasteiger partial charge < -0.3 is 24.7 Å². The van der Waals surface area contributed by atoms with Gasteiger partial charge in [0.05, 0.1) is 12.0 Å².